The quantitative estimate of drug-likeness (QED) is 0.488. The Morgan fingerprint density at radius 2 is 1.89 bits per heavy atom. The first-order valence-electron chi connectivity index (χ1n) is 5.36. The molecule has 0 radical (unpaired) electrons. The van der Waals surface area contributed by atoms with Crippen LogP contribution in [-0.4, -0.2) is 31.0 Å². The molecule has 0 saturated carbocycles. The minimum atomic E-state index is -1.46. The van der Waals surface area contributed by atoms with E-state index < -0.39 is 23.9 Å². The summed E-state index contributed by atoms with van der Waals surface area (Å²) in [4.78, 5) is 34.3. The summed E-state index contributed by atoms with van der Waals surface area (Å²) in [5.74, 6) is -1.29. The van der Waals surface area contributed by atoms with Crippen molar-refractivity contribution in [2.75, 3.05) is 7.11 Å². The predicted octanol–water partition coefficient (Wildman–Crippen LogP) is 1.07. The van der Waals surface area contributed by atoms with Crippen molar-refractivity contribution in [3.8, 4) is 5.75 Å². The molecule has 0 aliphatic carbocycles. The zero-order chi connectivity index (χ0) is 14.3. The van der Waals surface area contributed by atoms with Crippen LogP contribution in [-0.2, 0) is 14.3 Å². The molecule has 1 rings (SSSR count). The number of para-hydroxylation sites is 1. The van der Waals surface area contributed by atoms with Crippen LogP contribution >= 0.6 is 0 Å². The third kappa shape index (κ3) is 4.27. The van der Waals surface area contributed by atoms with Crippen molar-refractivity contribution in [3.05, 3.63) is 43.0 Å². The lowest BCUT2D eigenvalue weighted by Gasteiger charge is -2.13. The van der Waals surface area contributed by atoms with Crippen molar-refractivity contribution in [2.24, 2.45) is 0 Å². The van der Waals surface area contributed by atoms with Crippen molar-refractivity contribution < 1.29 is 23.9 Å². The van der Waals surface area contributed by atoms with Crippen LogP contribution in [0.25, 0.3) is 0 Å². The maximum Gasteiger partial charge on any atom is 0.413 e. The Labute approximate surface area is 110 Å². The van der Waals surface area contributed by atoms with Gasteiger partial charge in [0.25, 0.3) is 0 Å². The van der Waals surface area contributed by atoms with Gasteiger partial charge >= 0.3 is 12.1 Å². The maximum absolute atomic E-state index is 11.5. The first-order valence-corrected chi connectivity index (χ1v) is 5.36. The Bertz CT molecular complexity index is 483. The molecule has 100 valence electrons. The van der Waals surface area contributed by atoms with Gasteiger partial charge in [-0.15, -0.1) is 0 Å². The van der Waals surface area contributed by atoms with E-state index in [0.717, 1.165) is 13.2 Å². The van der Waals surface area contributed by atoms with Gasteiger partial charge in [0, 0.05) is 0 Å². The number of carbonyl (C=O) groups excluding carboxylic acids is 3. The highest BCUT2D eigenvalue weighted by atomic mass is 16.6. The van der Waals surface area contributed by atoms with E-state index in [-0.39, 0.29) is 5.75 Å². The second kappa shape index (κ2) is 6.95. The van der Waals surface area contributed by atoms with Crippen LogP contribution in [0.5, 0.6) is 5.75 Å². The Morgan fingerprint density at radius 3 is 2.42 bits per heavy atom. The van der Waals surface area contributed by atoms with Gasteiger partial charge in [-0.2, -0.15) is 0 Å². The topological polar surface area (TPSA) is 81.7 Å². The second-order valence-electron chi connectivity index (χ2n) is 3.41. The number of hydrogen-bond donors (Lipinski definition) is 1. The minimum absolute atomic E-state index is 0.287. The van der Waals surface area contributed by atoms with Crippen molar-refractivity contribution in [1.82, 2.24) is 5.32 Å². The number of ketones is 1. The number of ether oxygens (including phenoxy) is 2. The van der Waals surface area contributed by atoms with E-state index in [2.05, 4.69) is 16.6 Å². The molecule has 6 heteroatoms. The summed E-state index contributed by atoms with van der Waals surface area (Å²) in [6.45, 7) is 3.24. The number of methoxy groups -OCH3 is 1. The van der Waals surface area contributed by atoms with Crippen LogP contribution in [0.1, 0.15) is 0 Å². The number of carbonyl (C=O) groups is 3. The summed E-state index contributed by atoms with van der Waals surface area (Å²) in [6.07, 6.45) is -0.0125. The lowest BCUT2D eigenvalue weighted by molar-refractivity contribution is -0.145. The SMILES string of the molecule is C=CC(=O)C(NC(=O)Oc1ccccc1)C(=O)OC. The Balaban J connectivity index is 2.69. The highest BCUT2D eigenvalue weighted by Gasteiger charge is 2.27. The van der Waals surface area contributed by atoms with Gasteiger partial charge in [0.05, 0.1) is 7.11 Å². The smallest absolute Gasteiger partial charge is 0.413 e. The molecule has 1 atom stereocenters. The maximum atomic E-state index is 11.5. The van der Waals surface area contributed by atoms with Gasteiger partial charge in [-0.1, -0.05) is 24.8 Å². The molecule has 0 bridgehead atoms. The predicted molar refractivity (Wildman–Crippen MR) is 66.6 cm³/mol. The lowest BCUT2D eigenvalue weighted by Crippen LogP contribution is -2.47. The van der Waals surface area contributed by atoms with Crippen molar-refractivity contribution in [1.29, 1.82) is 0 Å². The molecule has 1 unspecified atom stereocenters. The fourth-order valence-corrected chi connectivity index (χ4v) is 1.22. The summed E-state index contributed by atoms with van der Waals surface area (Å²) in [5.41, 5.74) is 0. The van der Waals surface area contributed by atoms with E-state index in [0.29, 0.717) is 0 Å². The number of amides is 1. The fourth-order valence-electron chi connectivity index (χ4n) is 1.22. The monoisotopic (exact) mass is 263 g/mol. The molecule has 0 saturated heterocycles. The van der Waals surface area contributed by atoms with E-state index >= 15 is 0 Å². The number of rotatable bonds is 5. The average Bonchev–Trinajstić information content (AvgIpc) is 2.44. The number of hydrogen-bond acceptors (Lipinski definition) is 5. The van der Waals surface area contributed by atoms with Crippen molar-refractivity contribution >= 4 is 17.8 Å². The van der Waals surface area contributed by atoms with Gasteiger partial charge in [-0.25, -0.2) is 9.59 Å². The fraction of sp³-hybridized carbons (Fsp3) is 0.154. The van der Waals surface area contributed by atoms with Gasteiger partial charge in [0.1, 0.15) is 5.75 Å². The van der Waals surface area contributed by atoms with E-state index in [1.165, 1.54) is 0 Å². The molecule has 0 aliphatic rings. The molecule has 1 aromatic rings. The van der Waals surface area contributed by atoms with Crippen molar-refractivity contribution in [2.45, 2.75) is 6.04 Å². The van der Waals surface area contributed by atoms with Crippen molar-refractivity contribution in [3.63, 3.8) is 0 Å². The van der Waals surface area contributed by atoms with Gasteiger partial charge in [0.15, 0.2) is 11.8 Å². The molecule has 1 amide bonds. The Hall–Kier alpha value is -2.63. The molecule has 0 fully saturated rings. The molecule has 1 aromatic carbocycles. The number of esters is 1. The van der Waals surface area contributed by atoms with E-state index in [1.54, 1.807) is 30.3 Å². The summed E-state index contributed by atoms with van der Waals surface area (Å²) in [5, 5.41) is 2.11. The van der Waals surface area contributed by atoms with Crippen LogP contribution in [0.4, 0.5) is 4.79 Å². The average molecular weight is 263 g/mol. The Morgan fingerprint density at radius 1 is 1.26 bits per heavy atom. The first-order chi connectivity index (χ1) is 9.08. The van der Waals surface area contributed by atoms with E-state index in [1.807, 2.05) is 0 Å². The molecule has 0 aromatic heterocycles. The van der Waals surface area contributed by atoms with Gasteiger partial charge < -0.3 is 14.8 Å². The third-order valence-corrected chi connectivity index (χ3v) is 2.14. The number of nitrogens with one attached hydrogen (secondary N) is 1. The zero-order valence-electron chi connectivity index (χ0n) is 10.3. The molecule has 6 nitrogen and oxygen atoms in total. The summed E-state index contributed by atoms with van der Waals surface area (Å²) >= 11 is 0. The normalized spacial score (nSPS) is 11.0. The molecule has 19 heavy (non-hydrogen) atoms. The highest BCUT2D eigenvalue weighted by molar-refractivity contribution is 6.10. The molecular formula is C13H13NO5. The van der Waals surface area contributed by atoms with Crippen LogP contribution in [0.2, 0.25) is 0 Å². The molecule has 0 aliphatic heterocycles. The Kier molecular flexibility index (Phi) is 5.28. The summed E-state index contributed by atoms with van der Waals surface area (Å²) in [7, 11) is 1.11. The van der Waals surface area contributed by atoms with E-state index in [4.69, 9.17) is 4.74 Å². The molecular weight excluding hydrogens is 250 g/mol. The summed E-state index contributed by atoms with van der Waals surface area (Å²) < 4.78 is 9.30. The molecule has 0 heterocycles. The van der Waals surface area contributed by atoms with Crippen LogP contribution in [0.3, 0.4) is 0 Å². The molecule has 1 N–H and O–H groups in total. The minimum Gasteiger partial charge on any atom is -0.467 e. The van der Waals surface area contributed by atoms with Crippen LogP contribution in [0.15, 0.2) is 43.0 Å². The van der Waals surface area contributed by atoms with Gasteiger partial charge in [-0.05, 0) is 18.2 Å². The first kappa shape index (κ1) is 14.4. The largest absolute Gasteiger partial charge is 0.467 e. The zero-order valence-corrected chi connectivity index (χ0v) is 10.3. The van der Waals surface area contributed by atoms with E-state index in [9.17, 15) is 14.4 Å². The lowest BCUT2D eigenvalue weighted by atomic mass is 10.2. The van der Waals surface area contributed by atoms with Gasteiger partial charge in [0.2, 0.25) is 0 Å². The van der Waals surface area contributed by atoms with Crippen LogP contribution in [0, 0.1) is 0 Å². The molecule has 0 spiro atoms. The third-order valence-electron chi connectivity index (χ3n) is 2.14. The number of benzene rings is 1. The highest BCUT2D eigenvalue weighted by Crippen LogP contribution is 2.08. The summed E-state index contributed by atoms with van der Waals surface area (Å²) in [6, 6.07) is 6.76. The standard InChI is InChI=1S/C13H13NO5/c1-3-10(15)11(12(16)18-2)14-13(17)19-9-7-5-4-6-8-9/h3-8,11H,1H2,2H3,(H,14,17). The van der Waals surface area contributed by atoms with Gasteiger partial charge in [-0.3, -0.25) is 4.79 Å². The van der Waals surface area contributed by atoms with Crippen LogP contribution < -0.4 is 10.1 Å². The second-order valence-corrected chi connectivity index (χ2v) is 3.41.